The molecule has 120 valence electrons. The van der Waals surface area contributed by atoms with E-state index in [1.54, 1.807) is 0 Å². The number of carbonyl (C=O) groups excluding carboxylic acids is 1. The third kappa shape index (κ3) is 3.31. The smallest absolute Gasteiger partial charge is 0.222 e. The Hall–Kier alpha value is -1.46. The van der Waals surface area contributed by atoms with Gasteiger partial charge in [-0.15, -0.1) is 0 Å². The molecular weight excluding hydrogens is 276 g/mol. The zero-order chi connectivity index (χ0) is 15.5. The minimum Gasteiger partial charge on any atom is -0.337 e. The van der Waals surface area contributed by atoms with Gasteiger partial charge in [0.15, 0.2) is 0 Å². The number of hydrogen-bond acceptors (Lipinski definition) is 4. The molecule has 0 unspecified atom stereocenters. The van der Waals surface area contributed by atoms with Crippen LogP contribution in [-0.2, 0) is 11.3 Å². The lowest BCUT2D eigenvalue weighted by atomic mass is 9.96. The van der Waals surface area contributed by atoms with Crippen LogP contribution in [0.2, 0.25) is 0 Å². The molecule has 1 aromatic heterocycles. The van der Waals surface area contributed by atoms with E-state index in [-0.39, 0.29) is 0 Å². The van der Waals surface area contributed by atoms with E-state index in [9.17, 15) is 4.79 Å². The highest BCUT2D eigenvalue weighted by atomic mass is 16.2. The molecule has 0 N–H and O–H groups in total. The molecule has 1 aromatic rings. The first-order valence-corrected chi connectivity index (χ1v) is 8.22. The molecule has 0 saturated carbocycles. The molecule has 1 amide bonds. The quantitative estimate of drug-likeness (QED) is 0.820. The van der Waals surface area contributed by atoms with Crippen LogP contribution in [0, 0.1) is 0 Å². The Kier molecular flexibility index (Phi) is 4.74. The van der Waals surface area contributed by atoms with Gasteiger partial charge in [-0.25, -0.2) is 0 Å². The van der Waals surface area contributed by atoms with E-state index in [0.717, 1.165) is 39.0 Å². The van der Waals surface area contributed by atoms with Crippen molar-refractivity contribution in [3.8, 4) is 0 Å². The summed E-state index contributed by atoms with van der Waals surface area (Å²) < 4.78 is 0. The summed E-state index contributed by atoms with van der Waals surface area (Å²) in [6.45, 7) is 3.86. The second-order valence-corrected chi connectivity index (χ2v) is 6.68. The van der Waals surface area contributed by atoms with Crippen molar-refractivity contribution in [3.63, 3.8) is 0 Å². The summed E-state index contributed by atoms with van der Waals surface area (Å²) in [7, 11) is 4.13. The van der Waals surface area contributed by atoms with E-state index in [1.807, 2.05) is 12.4 Å². The molecule has 3 rings (SSSR count). The number of rotatable bonds is 5. The second kappa shape index (κ2) is 6.75. The van der Waals surface area contributed by atoms with Gasteiger partial charge < -0.3 is 9.80 Å². The summed E-state index contributed by atoms with van der Waals surface area (Å²) in [6.07, 6.45) is 6.52. The highest BCUT2D eigenvalue weighted by molar-refractivity contribution is 5.77. The average molecular weight is 302 g/mol. The number of carbonyl (C=O) groups is 1. The summed E-state index contributed by atoms with van der Waals surface area (Å²) in [6, 6.07) is 5.10. The van der Waals surface area contributed by atoms with Crippen LogP contribution in [0.25, 0.3) is 0 Å². The van der Waals surface area contributed by atoms with Gasteiger partial charge in [0, 0.05) is 57.1 Å². The van der Waals surface area contributed by atoms with Gasteiger partial charge in [-0.2, -0.15) is 0 Å². The summed E-state index contributed by atoms with van der Waals surface area (Å²) in [4.78, 5) is 23.2. The predicted molar refractivity (Wildman–Crippen MR) is 86.3 cm³/mol. The number of likely N-dealkylation sites (tertiary alicyclic amines) is 2. The molecule has 0 bridgehead atoms. The van der Waals surface area contributed by atoms with E-state index in [4.69, 9.17) is 0 Å². The Balaban J connectivity index is 1.66. The van der Waals surface area contributed by atoms with Crippen LogP contribution >= 0.6 is 0 Å². The van der Waals surface area contributed by atoms with E-state index in [0.29, 0.717) is 24.4 Å². The predicted octanol–water partition coefficient (Wildman–Crippen LogP) is 1.21. The Morgan fingerprint density at radius 3 is 2.73 bits per heavy atom. The van der Waals surface area contributed by atoms with Crippen molar-refractivity contribution in [2.24, 2.45) is 0 Å². The van der Waals surface area contributed by atoms with Crippen molar-refractivity contribution in [1.82, 2.24) is 19.7 Å². The SMILES string of the molecule is CN(C)CCN1C(=O)CC[C@@H]2[C@H]1CCN2Cc1ccncc1. The molecule has 2 aliphatic heterocycles. The molecule has 0 spiro atoms. The van der Waals surface area contributed by atoms with Crippen molar-refractivity contribution in [1.29, 1.82) is 0 Å². The van der Waals surface area contributed by atoms with Gasteiger partial charge in [-0.3, -0.25) is 14.7 Å². The Bertz CT molecular complexity index is 505. The van der Waals surface area contributed by atoms with Gasteiger partial charge in [0.05, 0.1) is 0 Å². The zero-order valence-electron chi connectivity index (χ0n) is 13.6. The first-order chi connectivity index (χ1) is 10.6. The fourth-order valence-electron chi connectivity index (χ4n) is 3.76. The number of fused-ring (bicyclic) bond motifs is 1. The summed E-state index contributed by atoms with van der Waals surface area (Å²) in [5, 5.41) is 0. The highest BCUT2D eigenvalue weighted by Crippen LogP contribution is 2.32. The summed E-state index contributed by atoms with van der Waals surface area (Å²) in [5.74, 6) is 0.342. The van der Waals surface area contributed by atoms with Crippen LogP contribution in [0.4, 0.5) is 0 Å². The molecule has 22 heavy (non-hydrogen) atoms. The first-order valence-electron chi connectivity index (χ1n) is 8.22. The minimum absolute atomic E-state index is 0.342. The van der Waals surface area contributed by atoms with Crippen molar-refractivity contribution >= 4 is 5.91 Å². The van der Waals surface area contributed by atoms with Gasteiger partial charge in [0.2, 0.25) is 5.91 Å². The van der Waals surface area contributed by atoms with Crippen LogP contribution in [0.1, 0.15) is 24.8 Å². The topological polar surface area (TPSA) is 39.7 Å². The lowest BCUT2D eigenvalue weighted by Gasteiger charge is -2.40. The van der Waals surface area contributed by atoms with E-state index >= 15 is 0 Å². The molecule has 3 heterocycles. The molecule has 5 nitrogen and oxygen atoms in total. The number of nitrogens with zero attached hydrogens (tertiary/aromatic N) is 4. The van der Waals surface area contributed by atoms with Gasteiger partial charge in [0.1, 0.15) is 0 Å². The van der Waals surface area contributed by atoms with Gasteiger partial charge >= 0.3 is 0 Å². The Morgan fingerprint density at radius 2 is 2.00 bits per heavy atom. The van der Waals surface area contributed by atoms with Crippen molar-refractivity contribution in [2.75, 3.05) is 33.7 Å². The Labute approximate surface area is 132 Å². The number of piperidine rings is 1. The first kappa shape index (κ1) is 15.4. The molecule has 0 aromatic carbocycles. The molecule has 5 heteroatoms. The molecule has 2 saturated heterocycles. The second-order valence-electron chi connectivity index (χ2n) is 6.68. The zero-order valence-corrected chi connectivity index (χ0v) is 13.6. The van der Waals surface area contributed by atoms with Crippen LogP contribution < -0.4 is 0 Å². The van der Waals surface area contributed by atoms with E-state index in [2.05, 4.69) is 45.9 Å². The fraction of sp³-hybridized carbons (Fsp3) is 0.647. The lowest BCUT2D eigenvalue weighted by molar-refractivity contribution is -0.137. The summed E-state index contributed by atoms with van der Waals surface area (Å²) in [5.41, 5.74) is 1.31. The van der Waals surface area contributed by atoms with E-state index in [1.165, 1.54) is 5.56 Å². The van der Waals surface area contributed by atoms with Crippen LogP contribution in [-0.4, -0.2) is 71.4 Å². The molecule has 2 atom stereocenters. The number of hydrogen-bond donors (Lipinski definition) is 0. The normalized spacial score (nSPS) is 25.8. The maximum absolute atomic E-state index is 12.3. The molecule has 2 aliphatic rings. The number of likely N-dealkylation sites (N-methyl/N-ethyl adjacent to an activating group) is 1. The molecule has 0 radical (unpaired) electrons. The minimum atomic E-state index is 0.342. The van der Waals surface area contributed by atoms with Crippen LogP contribution in [0.5, 0.6) is 0 Å². The lowest BCUT2D eigenvalue weighted by Crippen LogP contribution is -2.53. The maximum Gasteiger partial charge on any atom is 0.222 e. The highest BCUT2D eigenvalue weighted by Gasteiger charge is 2.42. The van der Waals surface area contributed by atoms with Crippen molar-refractivity contribution in [3.05, 3.63) is 30.1 Å². The number of amides is 1. The molecular formula is C17H26N4O. The number of pyridine rings is 1. The van der Waals surface area contributed by atoms with Gasteiger partial charge in [-0.1, -0.05) is 0 Å². The van der Waals surface area contributed by atoms with Crippen LogP contribution in [0.15, 0.2) is 24.5 Å². The molecule has 0 aliphatic carbocycles. The Morgan fingerprint density at radius 1 is 1.23 bits per heavy atom. The van der Waals surface area contributed by atoms with Crippen molar-refractivity contribution < 1.29 is 4.79 Å². The largest absolute Gasteiger partial charge is 0.337 e. The van der Waals surface area contributed by atoms with Crippen molar-refractivity contribution in [2.45, 2.75) is 37.9 Å². The fourth-order valence-corrected chi connectivity index (χ4v) is 3.76. The standard InChI is InChI=1S/C17H26N4O/c1-19(2)11-12-21-16-7-10-20(15(16)3-4-17(21)22)13-14-5-8-18-9-6-14/h5-6,8-9,15-16H,3-4,7,10-13H2,1-2H3/t15-,16-/m1/s1. The third-order valence-electron chi connectivity index (χ3n) is 4.92. The maximum atomic E-state index is 12.3. The summed E-state index contributed by atoms with van der Waals surface area (Å²) >= 11 is 0. The number of aromatic nitrogens is 1. The van der Waals surface area contributed by atoms with Gasteiger partial charge in [0.25, 0.3) is 0 Å². The van der Waals surface area contributed by atoms with E-state index < -0.39 is 0 Å². The van der Waals surface area contributed by atoms with Gasteiger partial charge in [-0.05, 0) is 44.6 Å². The monoisotopic (exact) mass is 302 g/mol. The molecule has 2 fully saturated rings. The van der Waals surface area contributed by atoms with Crippen LogP contribution in [0.3, 0.4) is 0 Å². The average Bonchev–Trinajstić information content (AvgIpc) is 2.90. The third-order valence-corrected chi connectivity index (χ3v) is 4.92.